The molecule has 1 N–H and O–H groups in total. The number of hydrazone groups is 1. The largest absolute Gasteiger partial charge is 0.508 e. The monoisotopic (exact) mass is 405 g/mol. The van der Waals surface area contributed by atoms with Crippen LogP contribution >= 0.6 is 0 Å². The third-order valence-electron chi connectivity index (χ3n) is 5.68. The molecule has 4 aromatic rings. The molecule has 31 heavy (non-hydrogen) atoms. The second kappa shape index (κ2) is 8.44. The van der Waals surface area contributed by atoms with Gasteiger partial charge in [0.05, 0.1) is 17.4 Å². The average molecular weight is 406 g/mol. The first kappa shape index (κ1) is 19.1. The Bertz CT molecular complexity index is 1210. The van der Waals surface area contributed by atoms with Crippen LogP contribution in [0.4, 0.5) is 5.69 Å². The molecule has 0 spiro atoms. The van der Waals surface area contributed by atoms with E-state index in [2.05, 4.69) is 52.5 Å². The SMILES string of the molecule is Oc1ccccc1C1CC(c2cccnc2)=NN1c1ccccc1Cc1ccccc1. The Morgan fingerprint density at radius 1 is 0.839 bits per heavy atom. The normalized spacial score (nSPS) is 15.7. The Hall–Kier alpha value is -3.92. The lowest BCUT2D eigenvalue weighted by molar-refractivity contribution is 0.461. The number of nitrogens with zero attached hydrogens (tertiary/aromatic N) is 3. The number of hydrogen-bond donors (Lipinski definition) is 1. The number of anilines is 1. The molecule has 4 nitrogen and oxygen atoms in total. The lowest BCUT2D eigenvalue weighted by Crippen LogP contribution is -2.20. The highest BCUT2D eigenvalue weighted by molar-refractivity contribution is 6.03. The fourth-order valence-corrected chi connectivity index (χ4v) is 4.15. The van der Waals surface area contributed by atoms with Gasteiger partial charge in [0.25, 0.3) is 0 Å². The molecule has 0 amide bonds. The highest BCUT2D eigenvalue weighted by atomic mass is 16.3. The second-order valence-electron chi connectivity index (χ2n) is 7.70. The number of para-hydroxylation sites is 2. The van der Waals surface area contributed by atoms with E-state index in [4.69, 9.17) is 5.10 Å². The van der Waals surface area contributed by atoms with Gasteiger partial charge in [0.15, 0.2) is 0 Å². The topological polar surface area (TPSA) is 48.7 Å². The zero-order chi connectivity index (χ0) is 21.0. The van der Waals surface area contributed by atoms with Crippen molar-refractivity contribution in [1.29, 1.82) is 0 Å². The fraction of sp³-hybridized carbons (Fsp3) is 0.111. The summed E-state index contributed by atoms with van der Waals surface area (Å²) in [6.07, 6.45) is 5.13. The molecule has 0 bridgehead atoms. The zero-order valence-corrected chi connectivity index (χ0v) is 17.1. The van der Waals surface area contributed by atoms with Crippen LogP contribution in [0, 0.1) is 0 Å². The van der Waals surface area contributed by atoms with Crippen molar-refractivity contribution < 1.29 is 5.11 Å². The molecule has 1 aliphatic rings. The summed E-state index contributed by atoms with van der Waals surface area (Å²) in [6.45, 7) is 0. The number of aromatic nitrogens is 1. The third-order valence-corrected chi connectivity index (χ3v) is 5.68. The fourth-order valence-electron chi connectivity index (χ4n) is 4.15. The predicted molar refractivity (Wildman–Crippen MR) is 124 cm³/mol. The minimum atomic E-state index is -0.0895. The molecule has 0 saturated carbocycles. The Labute approximate surface area is 182 Å². The summed E-state index contributed by atoms with van der Waals surface area (Å²) in [5.41, 5.74) is 6.36. The van der Waals surface area contributed by atoms with Gasteiger partial charge >= 0.3 is 0 Å². The molecule has 3 aromatic carbocycles. The molecular weight excluding hydrogens is 382 g/mol. The summed E-state index contributed by atoms with van der Waals surface area (Å²) < 4.78 is 0. The van der Waals surface area contributed by atoms with E-state index in [0.29, 0.717) is 12.2 Å². The Morgan fingerprint density at radius 3 is 2.42 bits per heavy atom. The number of phenols is 1. The summed E-state index contributed by atoms with van der Waals surface area (Å²) >= 11 is 0. The zero-order valence-electron chi connectivity index (χ0n) is 17.1. The summed E-state index contributed by atoms with van der Waals surface area (Å²) in [5.74, 6) is 0.292. The van der Waals surface area contributed by atoms with Crippen molar-refractivity contribution in [3.05, 3.63) is 126 Å². The first-order valence-corrected chi connectivity index (χ1v) is 10.5. The van der Waals surface area contributed by atoms with Crippen LogP contribution in [0.5, 0.6) is 5.75 Å². The van der Waals surface area contributed by atoms with Crippen molar-refractivity contribution in [2.75, 3.05) is 5.01 Å². The predicted octanol–water partition coefficient (Wildman–Crippen LogP) is 5.73. The first-order chi connectivity index (χ1) is 15.3. The van der Waals surface area contributed by atoms with Gasteiger partial charge in [-0.2, -0.15) is 5.10 Å². The first-order valence-electron chi connectivity index (χ1n) is 10.5. The van der Waals surface area contributed by atoms with E-state index in [1.54, 1.807) is 12.3 Å². The standard InChI is InChI=1S/C27H23N3O/c31-27-15-7-5-13-23(27)26-18-24(22-12-8-16-28-19-22)29-30(26)25-14-6-4-11-21(25)17-20-9-2-1-3-10-20/h1-16,19,26,31H,17-18H2. The van der Waals surface area contributed by atoms with Gasteiger partial charge in [-0.15, -0.1) is 0 Å². The second-order valence-corrected chi connectivity index (χ2v) is 7.70. The maximum Gasteiger partial charge on any atom is 0.120 e. The number of pyridine rings is 1. The average Bonchev–Trinajstić information content (AvgIpc) is 3.26. The van der Waals surface area contributed by atoms with Gasteiger partial charge in [-0.1, -0.05) is 72.8 Å². The summed E-state index contributed by atoms with van der Waals surface area (Å²) in [5, 5.41) is 17.7. The van der Waals surface area contributed by atoms with Crippen molar-refractivity contribution in [2.24, 2.45) is 5.10 Å². The lowest BCUT2D eigenvalue weighted by atomic mass is 9.97. The van der Waals surface area contributed by atoms with Gasteiger partial charge < -0.3 is 5.11 Å². The van der Waals surface area contributed by atoms with E-state index in [-0.39, 0.29) is 6.04 Å². The van der Waals surface area contributed by atoms with E-state index >= 15 is 0 Å². The van der Waals surface area contributed by atoms with Gasteiger partial charge in [-0.25, -0.2) is 0 Å². The molecule has 1 aliphatic heterocycles. The maximum atomic E-state index is 10.6. The van der Waals surface area contributed by atoms with Gasteiger partial charge in [0.1, 0.15) is 5.75 Å². The van der Waals surface area contributed by atoms with Crippen molar-refractivity contribution in [3.63, 3.8) is 0 Å². The number of aromatic hydroxyl groups is 1. The number of phenolic OH excluding ortho intramolecular Hbond substituents is 1. The smallest absolute Gasteiger partial charge is 0.120 e. The van der Waals surface area contributed by atoms with Crippen LogP contribution in [0.2, 0.25) is 0 Å². The van der Waals surface area contributed by atoms with Gasteiger partial charge in [0, 0.05) is 29.9 Å². The van der Waals surface area contributed by atoms with Crippen LogP contribution in [-0.2, 0) is 6.42 Å². The Morgan fingerprint density at radius 2 is 1.61 bits per heavy atom. The van der Waals surface area contributed by atoms with Crippen LogP contribution < -0.4 is 5.01 Å². The summed E-state index contributed by atoms with van der Waals surface area (Å²) in [4.78, 5) is 4.27. The number of benzene rings is 3. The molecule has 1 atom stereocenters. The third kappa shape index (κ3) is 3.92. The van der Waals surface area contributed by atoms with Crippen LogP contribution in [0.3, 0.4) is 0 Å². The van der Waals surface area contributed by atoms with Crippen molar-refractivity contribution >= 4 is 11.4 Å². The molecular formula is C27H23N3O. The minimum absolute atomic E-state index is 0.0895. The van der Waals surface area contributed by atoms with Gasteiger partial charge in [0.2, 0.25) is 0 Å². The quantitative estimate of drug-likeness (QED) is 0.461. The van der Waals surface area contributed by atoms with E-state index in [9.17, 15) is 5.11 Å². The highest BCUT2D eigenvalue weighted by Crippen LogP contribution is 2.41. The summed E-state index contributed by atoms with van der Waals surface area (Å²) in [6, 6.07) is 30.3. The minimum Gasteiger partial charge on any atom is -0.508 e. The number of rotatable bonds is 5. The molecule has 0 fully saturated rings. The number of hydrogen-bond acceptors (Lipinski definition) is 4. The van der Waals surface area contributed by atoms with Gasteiger partial charge in [-0.3, -0.25) is 9.99 Å². The van der Waals surface area contributed by atoms with Crippen molar-refractivity contribution in [2.45, 2.75) is 18.9 Å². The van der Waals surface area contributed by atoms with Crippen LogP contribution in [0.1, 0.15) is 34.7 Å². The summed E-state index contributed by atoms with van der Waals surface area (Å²) in [7, 11) is 0. The maximum absolute atomic E-state index is 10.6. The molecule has 152 valence electrons. The van der Waals surface area contributed by atoms with Crippen LogP contribution in [0.25, 0.3) is 0 Å². The van der Waals surface area contributed by atoms with E-state index in [1.165, 1.54) is 11.1 Å². The van der Waals surface area contributed by atoms with Crippen molar-refractivity contribution in [1.82, 2.24) is 4.98 Å². The molecule has 0 aliphatic carbocycles. The van der Waals surface area contributed by atoms with Gasteiger partial charge in [-0.05, 0) is 35.7 Å². The molecule has 2 heterocycles. The molecule has 1 unspecified atom stereocenters. The Balaban J connectivity index is 1.59. The molecule has 0 radical (unpaired) electrons. The van der Waals surface area contributed by atoms with E-state index in [1.807, 2.05) is 48.7 Å². The van der Waals surface area contributed by atoms with Crippen molar-refractivity contribution in [3.8, 4) is 5.75 Å². The Kier molecular flexibility index (Phi) is 5.19. The van der Waals surface area contributed by atoms with E-state index < -0.39 is 0 Å². The molecule has 0 saturated heterocycles. The molecule has 5 rings (SSSR count). The molecule has 4 heteroatoms. The lowest BCUT2D eigenvalue weighted by Gasteiger charge is -2.26. The molecule has 1 aromatic heterocycles. The highest BCUT2D eigenvalue weighted by Gasteiger charge is 2.32. The van der Waals surface area contributed by atoms with E-state index in [0.717, 1.165) is 28.9 Å². The van der Waals surface area contributed by atoms with Crippen LogP contribution in [0.15, 0.2) is 108 Å². The van der Waals surface area contributed by atoms with Crippen LogP contribution in [-0.4, -0.2) is 15.8 Å².